The lowest BCUT2D eigenvalue weighted by Crippen LogP contribution is -2.50. The zero-order valence-corrected chi connectivity index (χ0v) is 21.0. The summed E-state index contributed by atoms with van der Waals surface area (Å²) in [4.78, 5) is 27.1. The van der Waals surface area contributed by atoms with Gasteiger partial charge in [-0.05, 0) is 36.8 Å². The van der Waals surface area contributed by atoms with Crippen LogP contribution in [0.3, 0.4) is 0 Å². The van der Waals surface area contributed by atoms with Crippen molar-refractivity contribution >= 4 is 27.5 Å². The summed E-state index contributed by atoms with van der Waals surface area (Å²) in [6.45, 7) is 1.14. The second-order valence-electron chi connectivity index (χ2n) is 7.47. The molecule has 0 saturated carbocycles. The highest BCUT2D eigenvalue weighted by atomic mass is 32.2. The number of sulfonamides is 1. The molecule has 0 spiro atoms. The predicted molar refractivity (Wildman–Crippen MR) is 129 cm³/mol. The largest absolute Gasteiger partial charge is 0.497 e. The maximum Gasteiger partial charge on any atom is 0.244 e. The molecule has 2 amide bonds. The molecule has 0 aliphatic rings. The van der Waals surface area contributed by atoms with Crippen LogP contribution in [0.1, 0.15) is 12.5 Å². The van der Waals surface area contributed by atoms with Crippen molar-refractivity contribution in [3.63, 3.8) is 0 Å². The van der Waals surface area contributed by atoms with Crippen LogP contribution in [0.15, 0.2) is 42.5 Å². The predicted octanol–water partition coefficient (Wildman–Crippen LogP) is 1.64. The normalized spacial score (nSPS) is 11.8. The third-order valence-corrected chi connectivity index (χ3v) is 6.38. The van der Waals surface area contributed by atoms with Gasteiger partial charge in [-0.15, -0.1) is 0 Å². The first-order valence-electron chi connectivity index (χ1n) is 10.4. The third kappa shape index (κ3) is 6.53. The number of methoxy groups -OCH3 is 3. The van der Waals surface area contributed by atoms with Gasteiger partial charge in [-0.25, -0.2) is 8.42 Å². The molecule has 0 aromatic heterocycles. The SMILES string of the molecule is CNC(=O)[C@H](C)N(Cc1cccc(OC)c1)C(=O)CN(c1ccc(OC)c(OC)c1)S(C)(=O)=O. The smallest absolute Gasteiger partial charge is 0.244 e. The van der Waals surface area contributed by atoms with Crippen LogP contribution in [0, 0.1) is 0 Å². The topological polar surface area (TPSA) is 114 Å². The summed E-state index contributed by atoms with van der Waals surface area (Å²) in [5.74, 6) is 0.389. The average molecular weight is 494 g/mol. The second kappa shape index (κ2) is 11.6. The summed E-state index contributed by atoms with van der Waals surface area (Å²) < 4.78 is 42.0. The van der Waals surface area contributed by atoms with Gasteiger partial charge in [0.2, 0.25) is 21.8 Å². The number of nitrogens with zero attached hydrogens (tertiary/aromatic N) is 2. The van der Waals surface area contributed by atoms with E-state index in [4.69, 9.17) is 14.2 Å². The van der Waals surface area contributed by atoms with E-state index in [9.17, 15) is 18.0 Å². The Kier molecular flexibility index (Phi) is 9.13. The number of amides is 2. The van der Waals surface area contributed by atoms with E-state index >= 15 is 0 Å². The Hall–Kier alpha value is -3.47. The number of hydrogen-bond acceptors (Lipinski definition) is 7. The molecule has 0 fully saturated rings. The molecule has 34 heavy (non-hydrogen) atoms. The van der Waals surface area contributed by atoms with E-state index in [-0.39, 0.29) is 18.1 Å². The Morgan fingerprint density at radius 1 is 1.00 bits per heavy atom. The first-order chi connectivity index (χ1) is 16.0. The van der Waals surface area contributed by atoms with Crippen molar-refractivity contribution in [2.45, 2.75) is 19.5 Å². The van der Waals surface area contributed by atoms with Crippen molar-refractivity contribution < 1.29 is 32.2 Å². The van der Waals surface area contributed by atoms with Gasteiger partial charge in [-0.3, -0.25) is 13.9 Å². The van der Waals surface area contributed by atoms with Gasteiger partial charge in [-0.2, -0.15) is 0 Å². The highest BCUT2D eigenvalue weighted by Crippen LogP contribution is 2.32. The van der Waals surface area contributed by atoms with Gasteiger partial charge in [0.25, 0.3) is 0 Å². The third-order valence-electron chi connectivity index (χ3n) is 5.24. The van der Waals surface area contributed by atoms with Crippen LogP contribution >= 0.6 is 0 Å². The van der Waals surface area contributed by atoms with Gasteiger partial charge in [-0.1, -0.05) is 12.1 Å². The molecule has 0 bridgehead atoms. The number of ether oxygens (including phenoxy) is 3. The number of hydrogen-bond donors (Lipinski definition) is 1. The molecule has 0 unspecified atom stereocenters. The molecular formula is C23H31N3O7S. The molecule has 1 N–H and O–H groups in total. The Balaban J connectivity index is 2.43. The molecule has 2 rings (SSSR count). The lowest BCUT2D eigenvalue weighted by Gasteiger charge is -2.31. The van der Waals surface area contributed by atoms with E-state index < -0.39 is 28.5 Å². The highest BCUT2D eigenvalue weighted by Gasteiger charge is 2.30. The average Bonchev–Trinajstić information content (AvgIpc) is 2.83. The minimum absolute atomic E-state index is 0.0775. The number of carbonyl (C=O) groups is 2. The summed E-state index contributed by atoms with van der Waals surface area (Å²) >= 11 is 0. The minimum atomic E-state index is -3.86. The monoisotopic (exact) mass is 493 g/mol. The fourth-order valence-electron chi connectivity index (χ4n) is 3.35. The first-order valence-corrected chi connectivity index (χ1v) is 12.2. The Bertz CT molecular complexity index is 1120. The molecule has 0 aliphatic heterocycles. The molecule has 0 aliphatic carbocycles. The lowest BCUT2D eigenvalue weighted by atomic mass is 10.1. The zero-order valence-electron chi connectivity index (χ0n) is 20.2. The van der Waals surface area contributed by atoms with E-state index in [2.05, 4.69) is 5.32 Å². The van der Waals surface area contributed by atoms with Crippen molar-refractivity contribution in [1.29, 1.82) is 0 Å². The number of rotatable bonds is 11. The van der Waals surface area contributed by atoms with Crippen LogP contribution in [0.4, 0.5) is 5.69 Å². The molecule has 0 saturated heterocycles. The standard InChI is InChI=1S/C23H31N3O7S/c1-16(23(28)24-2)25(14-17-8-7-9-19(12-17)31-3)22(27)15-26(34(6,29)30)18-10-11-20(32-4)21(13-18)33-5/h7-13,16H,14-15H2,1-6H3,(H,24,28)/t16-/m0/s1. The molecule has 2 aromatic carbocycles. The van der Waals surface area contributed by atoms with Gasteiger partial charge < -0.3 is 24.4 Å². The highest BCUT2D eigenvalue weighted by molar-refractivity contribution is 7.92. The van der Waals surface area contributed by atoms with Crippen LogP contribution in [-0.4, -0.2) is 72.4 Å². The summed E-state index contributed by atoms with van der Waals surface area (Å²) in [5.41, 5.74) is 0.947. The van der Waals surface area contributed by atoms with Crippen molar-refractivity contribution in [2.24, 2.45) is 0 Å². The summed E-state index contributed by atoms with van der Waals surface area (Å²) in [6.07, 6.45) is 1.01. The zero-order chi connectivity index (χ0) is 25.5. The number of anilines is 1. The summed E-state index contributed by atoms with van der Waals surface area (Å²) in [6, 6.07) is 10.8. The molecule has 1 atom stereocenters. The molecule has 186 valence electrons. The molecule has 0 heterocycles. The number of carbonyl (C=O) groups excluding carboxylic acids is 2. The van der Waals surface area contributed by atoms with Crippen molar-refractivity contribution in [2.75, 3.05) is 45.5 Å². The van der Waals surface area contributed by atoms with E-state index in [1.165, 1.54) is 45.4 Å². The minimum Gasteiger partial charge on any atom is -0.497 e. The molecule has 11 heteroatoms. The van der Waals surface area contributed by atoms with Gasteiger partial charge in [0.15, 0.2) is 11.5 Å². The van der Waals surface area contributed by atoms with E-state index in [1.54, 1.807) is 37.3 Å². The number of likely N-dealkylation sites (N-methyl/N-ethyl adjacent to an activating group) is 1. The van der Waals surface area contributed by atoms with Crippen LogP contribution in [-0.2, 0) is 26.2 Å². The lowest BCUT2D eigenvalue weighted by molar-refractivity contribution is -0.139. The van der Waals surface area contributed by atoms with Gasteiger partial charge in [0.05, 0.1) is 33.3 Å². The van der Waals surface area contributed by atoms with E-state index in [1.807, 2.05) is 0 Å². The van der Waals surface area contributed by atoms with Gasteiger partial charge in [0, 0.05) is 19.7 Å². The summed E-state index contributed by atoms with van der Waals surface area (Å²) in [5, 5.41) is 2.53. The van der Waals surface area contributed by atoms with Crippen molar-refractivity contribution in [3.8, 4) is 17.2 Å². The van der Waals surface area contributed by atoms with Crippen LogP contribution in [0.2, 0.25) is 0 Å². The molecule has 10 nitrogen and oxygen atoms in total. The fourth-order valence-corrected chi connectivity index (χ4v) is 4.19. The first kappa shape index (κ1) is 26.8. The van der Waals surface area contributed by atoms with Crippen LogP contribution in [0.5, 0.6) is 17.2 Å². The second-order valence-corrected chi connectivity index (χ2v) is 9.38. The number of nitrogens with one attached hydrogen (secondary N) is 1. The Labute approximate surface area is 200 Å². The fraction of sp³-hybridized carbons (Fsp3) is 0.391. The molecule has 2 aromatic rings. The van der Waals surface area contributed by atoms with Crippen LogP contribution in [0.25, 0.3) is 0 Å². The molecular weight excluding hydrogens is 462 g/mol. The van der Waals surface area contributed by atoms with Gasteiger partial charge >= 0.3 is 0 Å². The van der Waals surface area contributed by atoms with E-state index in [0.29, 0.717) is 17.2 Å². The maximum absolute atomic E-state index is 13.4. The summed E-state index contributed by atoms with van der Waals surface area (Å²) in [7, 11) is 2.04. The van der Waals surface area contributed by atoms with Crippen LogP contribution < -0.4 is 23.8 Å². The van der Waals surface area contributed by atoms with Gasteiger partial charge in [0.1, 0.15) is 18.3 Å². The Morgan fingerprint density at radius 3 is 2.24 bits per heavy atom. The van der Waals surface area contributed by atoms with E-state index in [0.717, 1.165) is 16.1 Å². The maximum atomic E-state index is 13.4. The molecule has 0 radical (unpaired) electrons. The van der Waals surface area contributed by atoms with Crippen molar-refractivity contribution in [3.05, 3.63) is 48.0 Å². The quantitative estimate of drug-likeness (QED) is 0.506. The van der Waals surface area contributed by atoms with Crippen molar-refractivity contribution in [1.82, 2.24) is 10.2 Å². The Morgan fingerprint density at radius 2 is 1.68 bits per heavy atom. The number of benzene rings is 2.